The highest BCUT2D eigenvalue weighted by atomic mass is 16.5. The van der Waals surface area contributed by atoms with E-state index in [1.807, 2.05) is 79.7 Å². The molecule has 0 saturated carbocycles. The van der Waals surface area contributed by atoms with Crippen molar-refractivity contribution in [3.8, 4) is 11.5 Å². The van der Waals surface area contributed by atoms with Gasteiger partial charge in [-0.15, -0.1) is 0 Å². The van der Waals surface area contributed by atoms with E-state index in [9.17, 15) is 9.59 Å². The van der Waals surface area contributed by atoms with Crippen molar-refractivity contribution in [3.05, 3.63) is 89.5 Å². The monoisotopic (exact) mass is 413 g/mol. The summed E-state index contributed by atoms with van der Waals surface area (Å²) in [5.41, 5.74) is 3.51. The van der Waals surface area contributed by atoms with Gasteiger partial charge in [-0.2, -0.15) is 0 Å². The van der Waals surface area contributed by atoms with Gasteiger partial charge in [0.2, 0.25) is 0 Å². The molecular weight excluding hydrogens is 390 g/mol. The van der Waals surface area contributed by atoms with Crippen molar-refractivity contribution >= 4 is 17.6 Å². The van der Waals surface area contributed by atoms with Crippen LogP contribution < -0.4 is 9.64 Å². The van der Waals surface area contributed by atoms with Gasteiger partial charge in [-0.1, -0.05) is 54.6 Å². The molecule has 156 valence electrons. The van der Waals surface area contributed by atoms with E-state index in [0.717, 1.165) is 28.8 Å². The molecule has 0 fully saturated rings. The SMILES string of the molecule is C[C@@H]1Cc2ccccc2N1C(=O)[C@@H](C)OC(=O)C1c2ccccc2Oc2ccccc21. The molecule has 5 nitrogen and oxygen atoms in total. The van der Waals surface area contributed by atoms with Crippen LogP contribution in [-0.4, -0.2) is 24.0 Å². The van der Waals surface area contributed by atoms with Crippen LogP contribution in [0.15, 0.2) is 72.8 Å². The topological polar surface area (TPSA) is 55.8 Å². The third-order valence-corrected chi connectivity index (χ3v) is 6.00. The second kappa shape index (κ2) is 7.58. The lowest BCUT2D eigenvalue weighted by molar-refractivity contribution is -0.154. The molecule has 3 aromatic carbocycles. The van der Waals surface area contributed by atoms with E-state index < -0.39 is 18.0 Å². The first-order valence-corrected chi connectivity index (χ1v) is 10.5. The van der Waals surface area contributed by atoms with Crippen molar-refractivity contribution in [2.45, 2.75) is 38.3 Å². The Morgan fingerprint density at radius 1 is 0.935 bits per heavy atom. The summed E-state index contributed by atoms with van der Waals surface area (Å²) in [5, 5.41) is 0. The molecule has 0 unspecified atom stereocenters. The van der Waals surface area contributed by atoms with Gasteiger partial charge in [0.1, 0.15) is 17.4 Å². The summed E-state index contributed by atoms with van der Waals surface area (Å²) in [5.74, 6) is -0.0447. The number of esters is 1. The number of amides is 1. The van der Waals surface area contributed by atoms with Gasteiger partial charge >= 0.3 is 5.97 Å². The molecule has 0 aliphatic carbocycles. The molecule has 31 heavy (non-hydrogen) atoms. The predicted molar refractivity (Wildman–Crippen MR) is 117 cm³/mol. The van der Waals surface area contributed by atoms with Crippen LogP contribution in [0.4, 0.5) is 5.69 Å². The average molecular weight is 413 g/mol. The van der Waals surface area contributed by atoms with Crippen molar-refractivity contribution in [2.75, 3.05) is 4.90 Å². The zero-order chi connectivity index (χ0) is 21.5. The normalized spacial score (nSPS) is 17.7. The second-order valence-corrected chi connectivity index (χ2v) is 8.08. The summed E-state index contributed by atoms with van der Waals surface area (Å²) >= 11 is 0. The lowest BCUT2D eigenvalue weighted by atomic mass is 9.88. The highest BCUT2D eigenvalue weighted by Gasteiger charge is 2.38. The minimum Gasteiger partial charge on any atom is -0.457 e. The van der Waals surface area contributed by atoms with Gasteiger partial charge in [0, 0.05) is 22.9 Å². The molecule has 0 saturated heterocycles. The van der Waals surface area contributed by atoms with E-state index in [-0.39, 0.29) is 11.9 Å². The Labute approximate surface area is 181 Å². The van der Waals surface area contributed by atoms with Gasteiger partial charge in [-0.3, -0.25) is 9.59 Å². The lowest BCUT2D eigenvalue weighted by Gasteiger charge is -2.29. The summed E-state index contributed by atoms with van der Waals surface area (Å²) in [6.45, 7) is 3.66. The number of anilines is 1. The van der Waals surface area contributed by atoms with Crippen LogP contribution in [-0.2, 0) is 20.7 Å². The maximum Gasteiger partial charge on any atom is 0.318 e. The summed E-state index contributed by atoms with van der Waals surface area (Å²) in [7, 11) is 0. The number of hydrogen-bond donors (Lipinski definition) is 0. The van der Waals surface area contributed by atoms with Crippen molar-refractivity contribution in [1.29, 1.82) is 0 Å². The molecule has 0 spiro atoms. The fourth-order valence-electron chi connectivity index (χ4n) is 4.55. The highest BCUT2D eigenvalue weighted by molar-refractivity contribution is 6.00. The minimum absolute atomic E-state index is 0.0237. The Balaban J connectivity index is 1.41. The van der Waals surface area contributed by atoms with E-state index in [2.05, 4.69) is 0 Å². The number of rotatable bonds is 3. The summed E-state index contributed by atoms with van der Waals surface area (Å²) in [4.78, 5) is 28.3. The van der Waals surface area contributed by atoms with Crippen LogP contribution in [0.2, 0.25) is 0 Å². The van der Waals surface area contributed by atoms with Gasteiger partial charge < -0.3 is 14.4 Å². The van der Waals surface area contributed by atoms with E-state index in [0.29, 0.717) is 11.5 Å². The molecule has 2 heterocycles. The summed E-state index contributed by atoms with van der Waals surface area (Å²) < 4.78 is 11.7. The molecule has 1 amide bonds. The fourth-order valence-corrected chi connectivity index (χ4v) is 4.55. The Kier molecular flexibility index (Phi) is 4.74. The average Bonchev–Trinajstić information content (AvgIpc) is 3.12. The first-order chi connectivity index (χ1) is 15.0. The van der Waals surface area contributed by atoms with Crippen LogP contribution in [0.25, 0.3) is 0 Å². The van der Waals surface area contributed by atoms with Gasteiger partial charge in [0.15, 0.2) is 6.10 Å². The van der Waals surface area contributed by atoms with Gasteiger partial charge in [-0.25, -0.2) is 0 Å². The number of carbonyl (C=O) groups is 2. The molecule has 3 aromatic rings. The van der Waals surface area contributed by atoms with E-state index >= 15 is 0 Å². The largest absolute Gasteiger partial charge is 0.457 e. The van der Waals surface area contributed by atoms with Crippen LogP contribution in [0.5, 0.6) is 11.5 Å². The predicted octanol–water partition coefficient (Wildman–Crippen LogP) is 4.83. The fraction of sp³-hybridized carbons (Fsp3) is 0.231. The Hall–Kier alpha value is -3.60. The number of hydrogen-bond acceptors (Lipinski definition) is 4. The van der Waals surface area contributed by atoms with E-state index in [1.165, 1.54) is 0 Å². The first-order valence-electron chi connectivity index (χ1n) is 10.5. The molecule has 2 aliphatic rings. The Morgan fingerprint density at radius 3 is 2.19 bits per heavy atom. The molecular formula is C26H23NO4. The molecule has 0 radical (unpaired) electrons. The van der Waals surface area contributed by atoms with E-state index in [1.54, 1.807) is 11.8 Å². The first kappa shape index (κ1) is 19.4. The van der Waals surface area contributed by atoms with E-state index in [4.69, 9.17) is 9.47 Å². The van der Waals surface area contributed by atoms with Crippen LogP contribution in [0.3, 0.4) is 0 Å². The maximum atomic E-state index is 13.3. The Bertz CT molecular complexity index is 1130. The third kappa shape index (κ3) is 3.26. The van der Waals surface area contributed by atoms with Crippen LogP contribution in [0, 0.1) is 0 Å². The quantitative estimate of drug-likeness (QED) is 0.577. The second-order valence-electron chi connectivity index (χ2n) is 8.08. The molecule has 0 N–H and O–H groups in total. The number of ether oxygens (including phenoxy) is 2. The maximum absolute atomic E-state index is 13.3. The zero-order valence-corrected chi connectivity index (χ0v) is 17.4. The van der Waals surface area contributed by atoms with Gasteiger partial charge in [0.25, 0.3) is 5.91 Å². The third-order valence-electron chi connectivity index (χ3n) is 6.00. The smallest absolute Gasteiger partial charge is 0.318 e. The van der Waals surface area contributed by atoms with Crippen LogP contribution in [0.1, 0.15) is 36.5 Å². The van der Waals surface area contributed by atoms with Crippen molar-refractivity contribution in [2.24, 2.45) is 0 Å². The molecule has 0 aromatic heterocycles. The highest BCUT2D eigenvalue weighted by Crippen LogP contribution is 2.44. The summed E-state index contributed by atoms with van der Waals surface area (Å²) in [6.07, 6.45) is -0.105. The molecule has 5 rings (SSSR count). The molecule has 0 bridgehead atoms. The van der Waals surface area contributed by atoms with Crippen molar-refractivity contribution < 1.29 is 19.1 Å². The number of nitrogens with zero attached hydrogens (tertiary/aromatic N) is 1. The molecule has 5 heteroatoms. The lowest BCUT2D eigenvalue weighted by Crippen LogP contribution is -2.43. The Morgan fingerprint density at radius 2 is 1.52 bits per heavy atom. The van der Waals surface area contributed by atoms with Crippen molar-refractivity contribution in [3.63, 3.8) is 0 Å². The number of fused-ring (bicyclic) bond motifs is 3. The number of para-hydroxylation sites is 3. The van der Waals surface area contributed by atoms with Gasteiger partial charge in [0.05, 0.1) is 0 Å². The standard InChI is InChI=1S/C26H23NO4/c1-16-15-18-9-3-6-12-21(18)27(16)25(28)17(2)30-26(29)24-19-10-4-7-13-22(19)31-23-14-8-5-11-20(23)24/h3-14,16-17,24H,15H2,1-2H3/t16-,17-/m1/s1. The molecule has 2 aliphatic heterocycles. The number of benzene rings is 3. The zero-order valence-electron chi connectivity index (χ0n) is 17.4. The number of carbonyl (C=O) groups excluding carboxylic acids is 2. The molecule has 2 atom stereocenters. The van der Waals surface area contributed by atoms with Crippen molar-refractivity contribution in [1.82, 2.24) is 0 Å². The summed E-state index contributed by atoms with van der Waals surface area (Å²) in [6, 6.07) is 22.8. The minimum atomic E-state index is -0.900. The van der Waals surface area contributed by atoms with Gasteiger partial charge in [-0.05, 0) is 44.0 Å². The van der Waals surface area contributed by atoms with Crippen LogP contribution >= 0.6 is 0 Å².